The molecular weight excluding hydrogens is 204 g/mol. The van der Waals surface area contributed by atoms with Crippen LogP contribution in [0.3, 0.4) is 0 Å². The number of benzene rings is 1. The van der Waals surface area contributed by atoms with E-state index in [0.717, 1.165) is 11.3 Å². The van der Waals surface area contributed by atoms with Gasteiger partial charge in [0.2, 0.25) is 0 Å². The molecule has 0 N–H and O–H groups in total. The Balaban J connectivity index is 2.76. The van der Waals surface area contributed by atoms with Crippen LogP contribution in [0.4, 0.5) is 0 Å². The predicted octanol–water partition coefficient (Wildman–Crippen LogP) is 2.44. The third-order valence-electron chi connectivity index (χ3n) is 2.54. The summed E-state index contributed by atoms with van der Waals surface area (Å²) in [5, 5.41) is 0. The van der Waals surface area contributed by atoms with Crippen molar-refractivity contribution in [1.82, 2.24) is 0 Å². The number of methoxy groups -OCH3 is 2. The van der Waals surface area contributed by atoms with Gasteiger partial charge in [0, 0.05) is 0 Å². The van der Waals surface area contributed by atoms with Crippen molar-refractivity contribution in [3.8, 4) is 5.75 Å². The normalized spacial score (nSPS) is 11.0. The Morgan fingerprint density at radius 3 is 2.19 bits per heavy atom. The summed E-state index contributed by atoms with van der Waals surface area (Å²) in [5.41, 5.74) is 0.597. The molecule has 0 aliphatic carbocycles. The molecule has 0 unspecified atom stereocenters. The van der Waals surface area contributed by atoms with Crippen LogP contribution in [0.5, 0.6) is 5.75 Å². The van der Waals surface area contributed by atoms with Gasteiger partial charge in [-0.15, -0.1) is 0 Å². The molecular formula is C13H18O3. The first-order valence-corrected chi connectivity index (χ1v) is 5.21. The van der Waals surface area contributed by atoms with Crippen LogP contribution in [0.15, 0.2) is 24.3 Å². The lowest BCUT2D eigenvalue weighted by Crippen LogP contribution is -2.27. The molecule has 0 bridgehead atoms. The molecule has 3 nitrogen and oxygen atoms in total. The Morgan fingerprint density at radius 2 is 1.75 bits per heavy atom. The van der Waals surface area contributed by atoms with Crippen molar-refractivity contribution in [2.75, 3.05) is 14.2 Å². The van der Waals surface area contributed by atoms with E-state index in [4.69, 9.17) is 9.47 Å². The number of rotatable bonds is 4. The van der Waals surface area contributed by atoms with Gasteiger partial charge in [0.25, 0.3) is 0 Å². The molecule has 88 valence electrons. The van der Waals surface area contributed by atoms with Gasteiger partial charge in [-0.1, -0.05) is 12.1 Å². The van der Waals surface area contributed by atoms with E-state index < -0.39 is 5.41 Å². The van der Waals surface area contributed by atoms with E-state index in [0.29, 0.717) is 6.42 Å². The van der Waals surface area contributed by atoms with Gasteiger partial charge in [0.1, 0.15) is 5.75 Å². The van der Waals surface area contributed by atoms with Crippen molar-refractivity contribution in [3.63, 3.8) is 0 Å². The topological polar surface area (TPSA) is 35.5 Å². The quantitative estimate of drug-likeness (QED) is 0.734. The zero-order valence-electron chi connectivity index (χ0n) is 10.2. The first kappa shape index (κ1) is 12.6. The Labute approximate surface area is 96.4 Å². The third kappa shape index (κ3) is 2.99. The highest BCUT2D eigenvalue weighted by Crippen LogP contribution is 2.24. The second-order valence-corrected chi connectivity index (χ2v) is 4.40. The minimum absolute atomic E-state index is 0.191. The first-order valence-electron chi connectivity index (χ1n) is 5.21. The maximum absolute atomic E-state index is 11.5. The van der Waals surface area contributed by atoms with E-state index in [1.165, 1.54) is 7.11 Å². The van der Waals surface area contributed by atoms with E-state index >= 15 is 0 Å². The van der Waals surface area contributed by atoms with Gasteiger partial charge in [-0.05, 0) is 38.0 Å². The second-order valence-electron chi connectivity index (χ2n) is 4.40. The molecule has 0 aliphatic rings. The minimum atomic E-state index is -0.497. The maximum atomic E-state index is 11.5. The van der Waals surface area contributed by atoms with Gasteiger partial charge in [0.15, 0.2) is 0 Å². The Bertz CT molecular complexity index is 352. The SMILES string of the molecule is COC(=O)C(C)(C)Cc1ccc(OC)cc1. The van der Waals surface area contributed by atoms with Crippen molar-refractivity contribution < 1.29 is 14.3 Å². The summed E-state index contributed by atoms with van der Waals surface area (Å²) in [7, 11) is 3.05. The van der Waals surface area contributed by atoms with E-state index in [9.17, 15) is 4.79 Å². The Hall–Kier alpha value is -1.51. The molecule has 1 aromatic carbocycles. The summed E-state index contributed by atoms with van der Waals surface area (Å²) in [6, 6.07) is 7.71. The lowest BCUT2D eigenvalue weighted by atomic mass is 9.86. The van der Waals surface area contributed by atoms with Crippen LogP contribution in [-0.2, 0) is 16.0 Å². The van der Waals surface area contributed by atoms with Crippen molar-refractivity contribution in [1.29, 1.82) is 0 Å². The fraction of sp³-hybridized carbons (Fsp3) is 0.462. The lowest BCUT2D eigenvalue weighted by molar-refractivity contribution is -0.150. The van der Waals surface area contributed by atoms with E-state index in [1.807, 2.05) is 38.1 Å². The van der Waals surface area contributed by atoms with Gasteiger partial charge in [0.05, 0.1) is 19.6 Å². The average Bonchev–Trinajstić information content (AvgIpc) is 2.28. The molecule has 0 saturated heterocycles. The summed E-state index contributed by atoms with van der Waals surface area (Å²) in [5.74, 6) is 0.628. The maximum Gasteiger partial charge on any atom is 0.311 e. The molecule has 1 aromatic rings. The molecule has 0 fully saturated rings. The van der Waals surface area contributed by atoms with E-state index in [-0.39, 0.29) is 5.97 Å². The summed E-state index contributed by atoms with van der Waals surface area (Å²) < 4.78 is 9.84. The first-order chi connectivity index (χ1) is 7.49. The highest BCUT2D eigenvalue weighted by molar-refractivity contribution is 5.76. The number of carbonyl (C=O) groups is 1. The van der Waals surface area contributed by atoms with Gasteiger partial charge in [-0.3, -0.25) is 4.79 Å². The molecule has 0 spiro atoms. The molecule has 1 rings (SSSR count). The van der Waals surface area contributed by atoms with Gasteiger partial charge < -0.3 is 9.47 Å². The van der Waals surface area contributed by atoms with Gasteiger partial charge in [-0.25, -0.2) is 0 Å². The number of hydrogen-bond acceptors (Lipinski definition) is 3. The monoisotopic (exact) mass is 222 g/mol. The smallest absolute Gasteiger partial charge is 0.311 e. The molecule has 0 aliphatic heterocycles. The molecule has 0 radical (unpaired) electrons. The van der Waals surface area contributed by atoms with Crippen molar-refractivity contribution in [3.05, 3.63) is 29.8 Å². The zero-order valence-corrected chi connectivity index (χ0v) is 10.2. The highest BCUT2D eigenvalue weighted by Gasteiger charge is 2.28. The molecule has 0 aromatic heterocycles. The second kappa shape index (κ2) is 5.01. The Morgan fingerprint density at radius 1 is 1.19 bits per heavy atom. The molecule has 0 atom stereocenters. The minimum Gasteiger partial charge on any atom is -0.497 e. The van der Waals surface area contributed by atoms with Crippen LogP contribution >= 0.6 is 0 Å². The number of hydrogen-bond donors (Lipinski definition) is 0. The van der Waals surface area contributed by atoms with Crippen molar-refractivity contribution in [2.24, 2.45) is 5.41 Å². The van der Waals surface area contributed by atoms with Gasteiger partial charge in [-0.2, -0.15) is 0 Å². The van der Waals surface area contributed by atoms with Crippen LogP contribution in [0.2, 0.25) is 0 Å². The summed E-state index contributed by atoms with van der Waals surface area (Å²) in [4.78, 5) is 11.5. The standard InChI is InChI=1S/C13H18O3/c1-13(2,12(14)16-4)9-10-5-7-11(15-3)8-6-10/h5-8H,9H2,1-4H3. The van der Waals surface area contributed by atoms with Crippen LogP contribution in [0.25, 0.3) is 0 Å². The van der Waals surface area contributed by atoms with E-state index in [2.05, 4.69) is 0 Å². The summed E-state index contributed by atoms with van der Waals surface area (Å²) in [6.07, 6.45) is 0.656. The number of ether oxygens (including phenoxy) is 2. The van der Waals surface area contributed by atoms with Crippen LogP contribution in [0.1, 0.15) is 19.4 Å². The van der Waals surface area contributed by atoms with Crippen LogP contribution in [0, 0.1) is 5.41 Å². The van der Waals surface area contributed by atoms with Crippen molar-refractivity contribution >= 4 is 5.97 Å². The largest absolute Gasteiger partial charge is 0.497 e. The number of carbonyl (C=O) groups excluding carboxylic acids is 1. The van der Waals surface area contributed by atoms with E-state index in [1.54, 1.807) is 7.11 Å². The van der Waals surface area contributed by atoms with Gasteiger partial charge >= 0.3 is 5.97 Å². The number of esters is 1. The molecule has 16 heavy (non-hydrogen) atoms. The highest BCUT2D eigenvalue weighted by atomic mass is 16.5. The predicted molar refractivity (Wildman–Crippen MR) is 62.5 cm³/mol. The summed E-state index contributed by atoms with van der Waals surface area (Å²) >= 11 is 0. The van der Waals surface area contributed by atoms with Crippen LogP contribution in [-0.4, -0.2) is 20.2 Å². The lowest BCUT2D eigenvalue weighted by Gasteiger charge is -2.21. The molecule has 0 saturated carbocycles. The zero-order chi connectivity index (χ0) is 12.2. The molecule has 3 heteroatoms. The fourth-order valence-electron chi connectivity index (χ4n) is 1.60. The third-order valence-corrected chi connectivity index (χ3v) is 2.54. The Kier molecular flexibility index (Phi) is 3.93. The van der Waals surface area contributed by atoms with Crippen molar-refractivity contribution in [2.45, 2.75) is 20.3 Å². The molecule has 0 heterocycles. The average molecular weight is 222 g/mol. The molecule has 0 amide bonds. The summed E-state index contributed by atoms with van der Waals surface area (Å²) in [6.45, 7) is 3.76. The fourth-order valence-corrected chi connectivity index (χ4v) is 1.60. The van der Waals surface area contributed by atoms with Crippen LogP contribution < -0.4 is 4.74 Å².